The van der Waals surface area contributed by atoms with E-state index in [1.807, 2.05) is 6.07 Å². The van der Waals surface area contributed by atoms with Crippen LogP contribution in [0.5, 0.6) is 0 Å². The Labute approximate surface area is 113 Å². The van der Waals surface area contributed by atoms with Crippen LogP contribution in [-0.4, -0.2) is 14.8 Å². The largest absolute Gasteiger partial charge is 0.304 e. The molecule has 0 amide bonds. The van der Waals surface area contributed by atoms with E-state index in [0.29, 0.717) is 5.92 Å². The lowest BCUT2D eigenvalue weighted by atomic mass is 10.1. The highest BCUT2D eigenvalue weighted by Gasteiger charge is 2.07. The Bertz CT molecular complexity index is 540. The summed E-state index contributed by atoms with van der Waals surface area (Å²) >= 11 is 5.27. The predicted octanol–water partition coefficient (Wildman–Crippen LogP) is 3.38. The number of aryl methyl sites for hydroxylation is 2. The van der Waals surface area contributed by atoms with Crippen LogP contribution in [0.1, 0.15) is 25.2 Å². The van der Waals surface area contributed by atoms with Crippen molar-refractivity contribution in [2.45, 2.75) is 33.2 Å². The van der Waals surface area contributed by atoms with E-state index in [2.05, 4.69) is 52.9 Å². The maximum absolute atomic E-state index is 5.27. The van der Waals surface area contributed by atoms with Crippen LogP contribution in [0.4, 0.5) is 0 Å². The molecule has 0 fully saturated rings. The second kappa shape index (κ2) is 5.96. The minimum absolute atomic E-state index is 0.574. The summed E-state index contributed by atoms with van der Waals surface area (Å²) in [5.74, 6) is 1.63. The molecule has 18 heavy (non-hydrogen) atoms. The number of rotatable bonds is 5. The fourth-order valence-corrected chi connectivity index (χ4v) is 2.22. The summed E-state index contributed by atoms with van der Waals surface area (Å²) in [5, 5.41) is 7.22. The second-order valence-electron chi connectivity index (χ2n) is 4.94. The third-order valence-electron chi connectivity index (χ3n) is 2.87. The average molecular weight is 261 g/mol. The molecule has 1 heterocycles. The van der Waals surface area contributed by atoms with Gasteiger partial charge in [0.1, 0.15) is 5.82 Å². The first kappa shape index (κ1) is 13.0. The van der Waals surface area contributed by atoms with Gasteiger partial charge < -0.3 is 4.57 Å². The van der Waals surface area contributed by atoms with Crippen molar-refractivity contribution in [3.05, 3.63) is 46.5 Å². The molecular weight excluding hydrogens is 242 g/mol. The Morgan fingerprint density at radius 2 is 1.94 bits per heavy atom. The molecule has 4 heteroatoms. The Hall–Kier alpha value is -1.42. The molecule has 0 radical (unpaired) electrons. The average Bonchev–Trinajstić information content (AvgIpc) is 2.69. The smallest absolute Gasteiger partial charge is 0.195 e. The Morgan fingerprint density at radius 1 is 1.22 bits per heavy atom. The molecule has 1 aromatic heterocycles. The monoisotopic (exact) mass is 261 g/mol. The number of benzene rings is 1. The van der Waals surface area contributed by atoms with Crippen molar-refractivity contribution < 1.29 is 0 Å². The van der Waals surface area contributed by atoms with Crippen LogP contribution in [0.2, 0.25) is 0 Å². The molecule has 1 aromatic carbocycles. The van der Waals surface area contributed by atoms with Crippen LogP contribution in [-0.2, 0) is 19.4 Å². The summed E-state index contributed by atoms with van der Waals surface area (Å²) in [6.07, 6.45) is 1.92. The zero-order valence-electron chi connectivity index (χ0n) is 10.9. The molecular formula is C14H19N3S. The number of aromatic amines is 1. The molecule has 3 nitrogen and oxygen atoms in total. The van der Waals surface area contributed by atoms with Gasteiger partial charge in [-0.1, -0.05) is 44.2 Å². The number of H-pyrrole nitrogens is 1. The molecule has 0 aliphatic rings. The van der Waals surface area contributed by atoms with Crippen molar-refractivity contribution in [1.29, 1.82) is 0 Å². The van der Waals surface area contributed by atoms with Gasteiger partial charge in [0.05, 0.1) is 0 Å². The maximum Gasteiger partial charge on any atom is 0.195 e. The van der Waals surface area contributed by atoms with E-state index >= 15 is 0 Å². The normalized spacial score (nSPS) is 11.1. The first-order valence-electron chi connectivity index (χ1n) is 6.35. The highest BCUT2D eigenvalue weighted by Crippen LogP contribution is 2.08. The third kappa shape index (κ3) is 3.29. The van der Waals surface area contributed by atoms with Crippen molar-refractivity contribution in [3.63, 3.8) is 0 Å². The van der Waals surface area contributed by atoms with E-state index in [1.54, 1.807) is 0 Å². The highest BCUT2D eigenvalue weighted by molar-refractivity contribution is 7.71. The number of nitrogens with zero attached hydrogens (tertiary/aromatic N) is 2. The molecule has 0 aliphatic heterocycles. The Morgan fingerprint density at radius 3 is 2.61 bits per heavy atom. The van der Waals surface area contributed by atoms with Gasteiger partial charge in [-0.15, -0.1) is 0 Å². The molecule has 0 saturated heterocycles. The molecule has 1 N–H and O–H groups in total. The van der Waals surface area contributed by atoms with Crippen LogP contribution >= 0.6 is 12.2 Å². The molecule has 2 aromatic rings. The fraction of sp³-hybridized carbons (Fsp3) is 0.429. The topological polar surface area (TPSA) is 33.6 Å². The summed E-state index contributed by atoms with van der Waals surface area (Å²) in [5.41, 5.74) is 1.34. The summed E-state index contributed by atoms with van der Waals surface area (Å²) < 4.78 is 2.84. The zero-order valence-corrected chi connectivity index (χ0v) is 11.7. The van der Waals surface area contributed by atoms with Crippen LogP contribution in [0.25, 0.3) is 0 Å². The summed E-state index contributed by atoms with van der Waals surface area (Å²) in [7, 11) is 0. The number of hydrogen-bond donors (Lipinski definition) is 1. The van der Waals surface area contributed by atoms with Crippen molar-refractivity contribution in [1.82, 2.24) is 14.8 Å². The molecule has 2 rings (SSSR count). The summed E-state index contributed by atoms with van der Waals surface area (Å²) in [4.78, 5) is 0. The lowest BCUT2D eigenvalue weighted by molar-refractivity contribution is 0.502. The van der Waals surface area contributed by atoms with Gasteiger partial charge in [0.2, 0.25) is 0 Å². The molecule has 0 spiro atoms. The molecule has 0 unspecified atom stereocenters. The van der Waals surface area contributed by atoms with Crippen LogP contribution in [0.15, 0.2) is 30.3 Å². The standard InChI is InChI=1S/C14H19N3S/c1-11(2)10-17-13(15-16-14(17)18)9-8-12-6-4-3-5-7-12/h3-7,11H,8-10H2,1-2H3,(H,16,18). The van der Waals surface area contributed by atoms with Crippen LogP contribution in [0.3, 0.4) is 0 Å². The molecule has 0 aliphatic carbocycles. The van der Waals surface area contributed by atoms with Gasteiger partial charge in [-0.05, 0) is 30.1 Å². The fourth-order valence-electron chi connectivity index (χ4n) is 2.00. The van der Waals surface area contributed by atoms with E-state index in [0.717, 1.165) is 30.0 Å². The number of hydrogen-bond acceptors (Lipinski definition) is 2. The minimum atomic E-state index is 0.574. The number of aromatic nitrogens is 3. The van der Waals surface area contributed by atoms with Crippen molar-refractivity contribution in [3.8, 4) is 0 Å². The summed E-state index contributed by atoms with van der Waals surface area (Å²) in [6, 6.07) is 10.5. The third-order valence-corrected chi connectivity index (χ3v) is 3.18. The van der Waals surface area contributed by atoms with Gasteiger partial charge in [-0.25, -0.2) is 0 Å². The summed E-state index contributed by atoms with van der Waals surface area (Å²) in [6.45, 7) is 5.31. The van der Waals surface area contributed by atoms with Gasteiger partial charge in [-0.2, -0.15) is 5.10 Å². The molecule has 0 saturated carbocycles. The lowest BCUT2D eigenvalue weighted by Gasteiger charge is -2.09. The van der Waals surface area contributed by atoms with E-state index in [4.69, 9.17) is 12.2 Å². The molecule has 0 atom stereocenters. The van der Waals surface area contributed by atoms with E-state index in [1.165, 1.54) is 5.56 Å². The Kier molecular flexibility index (Phi) is 4.31. The van der Waals surface area contributed by atoms with Gasteiger partial charge in [0, 0.05) is 13.0 Å². The number of nitrogens with one attached hydrogen (secondary N) is 1. The van der Waals surface area contributed by atoms with Crippen molar-refractivity contribution >= 4 is 12.2 Å². The van der Waals surface area contributed by atoms with Gasteiger partial charge in [0.25, 0.3) is 0 Å². The molecule has 0 bridgehead atoms. The van der Waals surface area contributed by atoms with E-state index < -0.39 is 0 Å². The van der Waals surface area contributed by atoms with Gasteiger partial charge >= 0.3 is 0 Å². The molecule has 96 valence electrons. The Balaban J connectivity index is 2.08. The first-order chi connectivity index (χ1) is 8.66. The van der Waals surface area contributed by atoms with Crippen molar-refractivity contribution in [2.75, 3.05) is 0 Å². The quantitative estimate of drug-likeness (QED) is 0.837. The van der Waals surface area contributed by atoms with Crippen LogP contribution < -0.4 is 0 Å². The van der Waals surface area contributed by atoms with Gasteiger partial charge in [-0.3, -0.25) is 5.10 Å². The first-order valence-corrected chi connectivity index (χ1v) is 6.75. The van der Waals surface area contributed by atoms with E-state index in [-0.39, 0.29) is 0 Å². The van der Waals surface area contributed by atoms with Gasteiger partial charge in [0.15, 0.2) is 4.77 Å². The minimum Gasteiger partial charge on any atom is -0.304 e. The lowest BCUT2D eigenvalue weighted by Crippen LogP contribution is -2.09. The highest BCUT2D eigenvalue weighted by atomic mass is 32.1. The van der Waals surface area contributed by atoms with Crippen molar-refractivity contribution in [2.24, 2.45) is 5.92 Å². The predicted molar refractivity (Wildman–Crippen MR) is 76.1 cm³/mol. The second-order valence-corrected chi connectivity index (χ2v) is 5.32. The SMILES string of the molecule is CC(C)Cn1c(CCc2ccccc2)n[nH]c1=S. The zero-order chi connectivity index (χ0) is 13.0. The maximum atomic E-state index is 5.27. The van der Waals surface area contributed by atoms with E-state index in [9.17, 15) is 0 Å². The van der Waals surface area contributed by atoms with Crippen LogP contribution in [0, 0.1) is 10.7 Å².